The van der Waals surface area contributed by atoms with E-state index in [1.165, 1.54) is 6.07 Å². The van der Waals surface area contributed by atoms with E-state index in [4.69, 9.17) is 5.26 Å². The Hall–Kier alpha value is -2.20. The molecule has 2 N–H and O–H groups in total. The highest BCUT2D eigenvalue weighted by molar-refractivity contribution is 5.89. The van der Waals surface area contributed by atoms with Crippen LogP contribution in [0.2, 0.25) is 0 Å². The van der Waals surface area contributed by atoms with E-state index in [2.05, 4.69) is 15.5 Å². The lowest BCUT2D eigenvalue weighted by Gasteiger charge is -2.19. The summed E-state index contributed by atoms with van der Waals surface area (Å²) in [5.74, 6) is -1.71. The molecule has 0 aliphatic carbocycles. The number of rotatable bonds is 4. The normalized spacial score (nSPS) is 18.0. The van der Waals surface area contributed by atoms with Gasteiger partial charge in [-0.3, -0.25) is 0 Å². The Kier molecular flexibility index (Phi) is 5.28. The molecule has 118 valence electrons. The van der Waals surface area contributed by atoms with Crippen LogP contribution in [0.15, 0.2) is 12.1 Å². The Bertz CT molecular complexity index is 600. The summed E-state index contributed by atoms with van der Waals surface area (Å²) in [5, 5.41) is 13.5. The van der Waals surface area contributed by atoms with Gasteiger partial charge in [-0.05, 0) is 38.9 Å². The molecule has 2 amide bonds. The van der Waals surface area contributed by atoms with Gasteiger partial charge in [-0.1, -0.05) is 0 Å². The minimum Gasteiger partial charge on any atom is -0.338 e. The quantitative estimate of drug-likeness (QED) is 0.897. The van der Waals surface area contributed by atoms with Gasteiger partial charge >= 0.3 is 6.03 Å². The highest BCUT2D eigenvalue weighted by Crippen LogP contribution is 2.19. The Morgan fingerprint density at radius 3 is 2.86 bits per heavy atom. The Balaban J connectivity index is 1.84. The van der Waals surface area contributed by atoms with Crippen molar-refractivity contribution in [3.63, 3.8) is 0 Å². The molecule has 1 fully saturated rings. The van der Waals surface area contributed by atoms with Crippen LogP contribution in [0.3, 0.4) is 0 Å². The van der Waals surface area contributed by atoms with Crippen molar-refractivity contribution in [1.82, 2.24) is 10.2 Å². The van der Waals surface area contributed by atoms with Gasteiger partial charge in [-0.25, -0.2) is 13.6 Å². The number of hydrogen-bond donors (Lipinski definition) is 2. The van der Waals surface area contributed by atoms with Crippen molar-refractivity contribution in [3.8, 4) is 6.07 Å². The molecule has 2 rings (SSSR count). The lowest BCUT2D eigenvalue weighted by Crippen LogP contribution is -2.34. The second kappa shape index (κ2) is 7.18. The summed E-state index contributed by atoms with van der Waals surface area (Å²) in [6, 6.07) is 2.96. The lowest BCUT2D eigenvalue weighted by molar-refractivity contribution is 0.248. The molecule has 0 radical (unpaired) electrons. The van der Waals surface area contributed by atoms with E-state index in [0.29, 0.717) is 12.6 Å². The second-order valence-corrected chi connectivity index (χ2v) is 5.37. The molecule has 7 heteroatoms. The number of benzene rings is 1. The Morgan fingerprint density at radius 1 is 1.45 bits per heavy atom. The average Bonchev–Trinajstić information content (AvgIpc) is 2.88. The Morgan fingerprint density at radius 2 is 2.23 bits per heavy atom. The van der Waals surface area contributed by atoms with Crippen molar-refractivity contribution >= 4 is 11.7 Å². The molecule has 0 spiro atoms. The molecule has 1 aliphatic rings. The number of amides is 2. The largest absolute Gasteiger partial charge is 0.338 e. The third kappa shape index (κ3) is 3.92. The van der Waals surface area contributed by atoms with Crippen LogP contribution < -0.4 is 10.6 Å². The molecule has 0 saturated carbocycles. The van der Waals surface area contributed by atoms with Crippen molar-refractivity contribution in [2.75, 3.05) is 25.5 Å². The van der Waals surface area contributed by atoms with Crippen LogP contribution in [0, 0.1) is 23.0 Å². The van der Waals surface area contributed by atoms with Gasteiger partial charge in [0.1, 0.15) is 17.7 Å². The number of carbonyl (C=O) groups is 1. The van der Waals surface area contributed by atoms with Crippen LogP contribution >= 0.6 is 0 Å². The number of carbonyl (C=O) groups excluding carboxylic acids is 1. The number of nitrogens with one attached hydrogen (secondary N) is 2. The van der Waals surface area contributed by atoms with Crippen LogP contribution in [0.25, 0.3) is 0 Å². The molecule has 5 nitrogen and oxygen atoms in total. The van der Waals surface area contributed by atoms with Crippen molar-refractivity contribution in [1.29, 1.82) is 5.26 Å². The van der Waals surface area contributed by atoms with E-state index < -0.39 is 23.2 Å². The monoisotopic (exact) mass is 308 g/mol. The molecular formula is C15H18F2N4O. The summed E-state index contributed by atoms with van der Waals surface area (Å²) in [7, 11) is 2.05. The van der Waals surface area contributed by atoms with E-state index in [1.54, 1.807) is 0 Å². The van der Waals surface area contributed by atoms with Gasteiger partial charge in [0.05, 0.1) is 11.3 Å². The molecule has 1 atom stereocenters. The molecule has 1 aliphatic heterocycles. The Labute approximate surface area is 127 Å². The fourth-order valence-electron chi connectivity index (χ4n) is 2.59. The number of nitrogens with zero attached hydrogens (tertiary/aromatic N) is 2. The summed E-state index contributed by atoms with van der Waals surface area (Å²) >= 11 is 0. The minimum atomic E-state index is -0.869. The summed E-state index contributed by atoms with van der Waals surface area (Å²) in [5.41, 5.74) is -0.681. The van der Waals surface area contributed by atoms with Gasteiger partial charge in [0, 0.05) is 18.7 Å². The smallest absolute Gasteiger partial charge is 0.319 e. The van der Waals surface area contributed by atoms with Gasteiger partial charge in [0.2, 0.25) is 0 Å². The zero-order valence-corrected chi connectivity index (χ0v) is 12.3. The van der Waals surface area contributed by atoms with Crippen LogP contribution in [-0.4, -0.2) is 37.1 Å². The standard InChI is InChI=1S/C15H18F2N4O/c1-21-6-2-3-11(21)4-5-19-15(22)20-14-8-12(16)10(9-18)7-13(14)17/h7-8,11H,2-6H2,1H3,(H2,19,20,22). The molecule has 1 heterocycles. The van der Waals surface area contributed by atoms with E-state index >= 15 is 0 Å². The third-order valence-electron chi connectivity index (χ3n) is 3.86. The maximum atomic E-state index is 13.6. The molecule has 0 aromatic heterocycles. The van der Waals surface area contributed by atoms with Gasteiger partial charge in [-0.15, -0.1) is 0 Å². The molecule has 1 aromatic carbocycles. The third-order valence-corrected chi connectivity index (χ3v) is 3.86. The van der Waals surface area contributed by atoms with Crippen LogP contribution in [-0.2, 0) is 0 Å². The van der Waals surface area contributed by atoms with Gasteiger partial charge in [0.15, 0.2) is 0 Å². The van der Waals surface area contributed by atoms with E-state index in [1.807, 2.05) is 7.05 Å². The molecule has 1 saturated heterocycles. The summed E-state index contributed by atoms with van der Waals surface area (Å²) in [4.78, 5) is 13.9. The van der Waals surface area contributed by atoms with Gasteiger partial charge < -0.3 is 15.5 Å². The van der Waals surface area contributed by atoms with Crippen LogP contribution in [0.1, 0.15) is 24.8 Å². The number of hydrogen-bond acceptors (Lipinski definition) is 3. The fraction of sp³-hybridized carbons (Fsp3) is 0.467. The van der Waals surface area contributed by atoms with Crippen LogP contribution in [0.4, 0.5) is 19.3 Å². The molecular weight excluding hydrogens is 290 g/mol. The van der Waals surface area contributed by atoms with Crippen molar-refractivity contribution in [2.24, 2.45) is 0 Å². The first-order valence-electron chi connectivity index (χ1n) is 7.15. The summed E-state index contributed by atoms with van der Waals surface area (Å²) < 4.78 is 27.0. The topological polar surface area (TPSA) is 68.2 Å². The fourth-order valence-corrected chi connectivity index (χ4v) is 2.59. The zero-order valence-electron chi connectivity index (χ0n) is 12.3. The number of anilines is 1. The van der Waals surface area contributed by atoms with Crippen molar-refractivity contribution in [2.45, 2.75) is 25.3 Å². The van der Waals surface area contributed by atoms with Crippen LogP contribution in [0.5, 0.6) is 0 Å². The highest BCUT2D eigenvalue weighted by atomic mass is 19.1. The lowest BCUT2D eigenvalue weighted by atomic mass is 10.1. The van der Waals surface area contributed by atoms with Gasteiger partial charge in [-0.2, -0.15) is 5.26 Å². The number of likely N-dealkylation sites (tertiary alicyclic amines) is 1. The van der Waals surface area contributed by atoms with E-state index in [9.17, 15) is 13.6 Å². The number of halogens is 2. The molecule has 1 aromatic rings. The molecule has 1 unspecified atom stereocenters. The minimum absolute atomic E-state index is 0.285. The molecule has 0 bridgehead atoms. The number of urea groups is 1. The maximum absolute atomic E-state index is 13.6. The van der Waals surface area contributed by atoms with E-state index in [-0.39, 0.29) is 5.69 Å². The highest BCUT2D eigenvalue weighted by Gasteiger charge is 2.20. The van der Waals surface area contributed by atoms with Gasteiger partial charge in [0.25, 0.3) is 0 Å². The van der Waals surface area contributed by atoms with Crippen molar-refractivity contribution < 1.29 is 13.6 Å². The first-order chi connectivity index (χ1) is 10.5. The second-order valence-electron chi connectivity index (χ2n) is 5.37. The summed E-state index contributed by atoms with van der Waals surface area (Å²) in [6.07, 6.45) is 3.08. The van der Waals surface area contributed by atoms with Crippen molar-refractivity contribution in [3.05, 3.63) is 29.3 Å². The first kappa shape index (κ1) is 16.2. The number of nitriles is 1. The predicted octanol–water partition coefficient (Wildman–Crippen LogP) is 2.44. The SMILES string of the molecule is CN1CCCC1CCNC(=O)Nc1cc(F)c(C#N)cc1F. The zero-order chi connectivity index (χ0) is 16.1. The average molecular weight is 308 g/mol. The summed E-state index contributed by atoms with van der Waals surface area (Å²) in [6.45, 7) is 1.52. The maximum Gasteiger partial charge on any atom is 0.319 e. The molecule has 22 heavy (non-hydrogen) atoms. The predicted molar refractivity (Wildman–Crippen MR) is 78.4 cm³/mol. The first-order valence-corrected chi connectivity index (χ1v) is 7.15. The van der Waals surface area contributed by atoms with E-state index in [0.717, 1.165) is 37.9 Å².